The number of urea groups is 2. The number of nitrogens with zero attached hydrogens (tertiary/aromatic N) is 8. The maximum absolute atomic E-state index is 14.6. The fourth-order valence-electron chi connectivity index (χ4n) is 10.2. The number of benzene rings is 1. The second-order valence-electron chi connectivity index (χ2n) is 18.7. The highest BCUT2D eigenvalue weighted by molar-refractivity contribution is 7.09. The fourth-order valence-corrected chi connectivity index (χ4v) is 11.0. The third kappa shape index (κ3) is 9.26. The van der Waals surface area contributed by atoms with E-state index in [1.807, 2.05) is 33.8 Å². The van der Waals surface area contributed by atoms with Crippen molar-refractivity contribution >= 4 is 52.0 Å². The van der Waals surface area contributed by atoms with Crippen molar-refractivity contribution in [1.82, 2.24) is 44.6 Å². The molecule has 2 fully saturated rings. The van der Waals surface area contributed by atoms with E-state index >= 15 is 0 Å². The van der Waals surface area contributed by atoms with E-state index in [-0.39, 0.29) is 50.6 Å². The lowest BCUT2D eigenvalue weighted by atomic mass is 9.67. The minimum atomic E-state index is -4.58. The van der Waals surface area contributed by atoms with Crippen molar-refractivity contribution in [2.24, 2.45) is 11.3 Å². The van der Waals surface area contributed by atoms with Gasteiger partial charge in [0.1, 0.15) is 23.7 Å². The van der Waals surface area contributed by atoms with Crippen molar-refractivity contribution in [2.75, 3.05) is 60.0 Å². The van der Waals surface area contributed by atoms with Crippen LogP contribution in [0.1, 0.15) is 68.8 Å². The molecule has 20 heteroatoms. The third-order valence-electron chi connectivity index (χ3n) is 13.3. The van der Waals surface area contributed by atoms with Crippen molar-refractivity contribution in [3.63, 3.8) is 0 Å². The number of cyclic esters (lactones) is 1. The first-order valence-electron chi connectivity index (χ1n) is 22.4. The number of methoxy groups -OCH3 is 1. The van der Waals surface area contributed by atoms with Gasteiger partial charge in [-0.05, 0) is 54.7 Å². The molecule has 6 bridgehead atoms. The van der Waals surface area contributed by atoms with Crippen molar-refractivity contribution in [3.05, 3.63) is 70.8 Å². The quantitative estimate of drug-likeness (QED) is 0.150. The Morgan fingerprint density at radius 3 is 2.52 bits per heavy atom. The number of carbonyl (C=O) groups is 5. The van der Waals surface area contributed by atoms with E-state index in [0.717, 1.165) is 0 Å². The van der Waals surface area contributed by atoms with Gasteiger partial charge in [-0.15, -0.1) is 11.3 Å². The molecule has 1 aliphatic carbocycles. The fraction of sp³-hybridized carbons (Fsp3) is 0.511. The van der Waals surface area contributed by atoms with E-state index in [2.05, 4.69) is 17.0 Å². The monoisotopic (exact) mass is 947 g/mol. The number of thiazole rings is 1. The first-order chi connectivity index (χ1) is 31.8. The molecule has 0 saturated carbocycles. The molecule has 0 spiro atoms. The number of likely N-dealkylation sites (N-methyl/N-ethyl adjacent to an activating group) is 1. The van der Waals surface area contributed by atoms with E-state index in [0.29, 0.717) is 75.6 Å². The molecule has 3 aliphatic heterocycles. The first kappa shape index (κ1) is 47.6. The highest BCUT2D eigenvalue weighted by atomic mass is 32.1. The number of esters is 1. The molecule has 6 heterocycles. The van der Waals surface area contributed by atoms with Crippen molar-refractivity contribution in [3.8, 4) is 22.5 Å². The Labute approximate surface area is 390 Å². The van der Waals surface area contributed by atoms with Crippen LogP contribution in [0.2, 0.25) is 0 Å². The normalized spacial score (nSPS) is 21.4. The Kier molecular flexibility index (Phi) is 13.3. The number of hydrogen-bond acceptors (Lipinski definition) is 11. The summed E-state index contributed by atoms with van der Waals surface area (Å²) < 4.78 is 57.3. The lowest BCUT2D eigenvalue weighted by molar-refractivity contribution is -0.153. The minimum Gasteiger partial charge on any atom is -0.464 e. The molecule has 1 aromatic carbocycles. The molecular formula is C47H56F3N9O7S. The molecule has 2 saturated heterocycles. The lowest BCUT2D eigenvalue weighted by Gasteiger charge is -2.42. The van der Waals surface area contributed by atoms with Crippen LogP contribution in [-0.2, 0) is 36.9 Å². The number of aromatic nitrogens is 3. The second-order valence-corrected chi connectivity index (χ2v) is 19.6. The SMILES string of the molecule is C=CC(=O)N1CCN(C(=O)N(C)[C@H](C(=O)CN2Cc3nc(cs3)-c3ccc4c(c3)c3c(n4CC(F)(F)F)-c4cccnc4[C@@H](OC)C3C(C)(C)COC(=O)[C@@H]3CCCN(N3)C2=O)C(C)C)CC1. The number of pyridine rings is 1. The number of carbonyl (C=O) groups excluding carboxylic acids is 5. The van der Waals surface area contributed by atoms with Crippen LogP contribution in [0.5, 0.6) is 0 Å². The molecule has 0 radical (unpaired) electrons. The molecule has 16 nitrogen and oxygen atoms in total. The Morgan fingerprint density at radius 2 is 1.84 bits per heavy atom. The van der Waals surface area contributed by atoms with Crippen LogP contribution in [0, 0.1) is 11.3 Å². The van der Waals surface area contributed by atoms with Gasteiger partial charge in [-0.3, -0.25) is 24.4 Å². The predicted molar refractivity (Wildman–Crippen MR) is 243 cm³/mol. The maximum Gasteiger partial charge on any atom is 0.406 e. The number of ether oxygens (including phenoxy) is 2. The summed E-state index contributed by atoms with van der Waals surface area (Å²) in [6.45, 7) is 10.4. The van der Waals surface area contributed by atoms with E-state index < -0.39 is 66.6 Å². The highest BCUT2D eigenvalue weighted by Crippen LogP contribution is 2.57. The maximum atomic E-state index is 14.6. The number of nitrogens with one attached hydrogen (secondary N) is 1. The number of Topliss-reactive ketones (excluding diaryl/α,β-unsaturated/α-hetero) is 1. The van der Waals surface area contributed by atoms with Gasteiger partial charge in [0.25, 0.3) is 0 Å². The van der Waals surface area contributed by atoms with Gasteiger partial charge in [-0.25, -0.2) is 20.0 Å². The Balaban J connectivity index is 1.18. The summed E-state index contributed by atoms with van der Waals surface area (Å²) in [7, 11) is 3.09. The molecule has 4 aliphatic rings. The Hall–Kier alpha value is -5.86. The number of rotatable bonds is 8. The number of halogens is 3. The standard InChI is InChI=1S/C47H56F3N9O7S/c1-8-36(61)55-17-19-56(20-18-55)44(63)54(6)40(27(2)3)34(60)22-57-23-35-52-32(24-67-35)28-13-14-33-30(21-28)37-38(46(4,5)26-66-43(62)31-12-10-16-59(53-31)45(57)64)42(65-7)39-29(11-9-15-51-39)41(37)58(33)25-47(48,49)50/h8-9,11,13-15,21,24,27,31,38,40,42,53H,1,10,12,16-20,22-23,25-26H2,2-7H3/t31-,38?,40-,42-/m0/s1. The zero-order valence-corrected chi connectivity index (χ0v) is 39.3. The van der Waals surface area contributed by atoms with E-state index in [1.54, 1.807) is 52.7 Å². The van der Waals surface area contributed by atoms with Crippen molar-refractivity contribution < 1.29 is 46.6 Å². The summed E-state index contributed by atoms with van der Waals surface area (Å²) in [5.74, 6) is -2.24. The summed E-state index contributed by atoms with van der Waals surface area (Å²) in [5.41, 5.74) is 5.52. The highest BCUT2D eigenvalue weighted by Gasteiger charge is 2.48. The smallest absolute Gasteiger partial charge is 0.406 e. The lowest BCUT2D eigenvalue weighted by Crippen LogP contribution is -2.60. The third-order valence-corrected chi connectivity index (χ3v) is 14.1. The van der Waals surface area contributed by atoms with Gasteiger partial charge >= 0.3 is 24.2 Å². The van der Waals surface area contributed by atoms with E-state index in [1.165, 1.54) is 43.9 Å². The van der Waals surface area contributed by atoms with Crippen LogP contribution in [-0.4, -0.2) is 147 Å². The number of piperazine rings is 1. The van der Waals surface area contributed by atoms with Gasteiger partial charge < -0.3 is 33.6 Å². The van der Waals surface area contributed by atoms with Gasteiger partial charge in [0.15, 0.2) is 5.78 Å². The number of alkyl halides is 3. The minimum absolute atomic E-state index is 0.112. The van der Waals surface area contributed by atoms with Gasteiger partial charge in [-0.2, -0.15) is 13.2 Å². The predicted octanol–water partition coefficient (Wildman–Crippen LogP) is 6.62. The zero-order chi connectivity index (χ0) is 48.1. The zero-order valence-electron chi connectivity index (χ0n) is 38.5. The van der Waals surface area contributed by atoms with Crippen molar-refractivity contribution in [2.45, 2.75) is 83.9 Å². The topological polar surface area (TPSA) is 163 Å². The number of hydrazine groups is 1. The number of ketones is 1. The van der Waals surface area contributed by atoms with Gasteiger partial charge in [0.05, 0.1) is 42.8 Å². The molecule has 358 valence electrons. The van der Waals surface area contributed by atoms with Crippen LogP contribution >= 0.6 is 11.3 Å². The summed E-state index contributed by atoms with van der Waals surface area (Å²) in [6.07, 6.45) is -1.71. The molecule has 8 rings (SSSR count). The Bertz CT molecular complexity index is 2590. The molecule has 67 heavy (non-hydrogen) atoms. The molecule has 1 unspecified atom stereocenters. The number of amides is 5. The summed E-state index contributed by atoms with van der Waals surface area (Å²) in [4.78, 5) is 84.7. The number of fused-ring (bicyclic) bond motifs is 8. The molecular weight excluding hydrogens is 892 g/mol. The van der Waals surface area contributed by atoms with E-state index in [9.17, 15) is 37.1 Å². The van der Waals surface area contributed by atoms with Crippen LogP contribution < -0.4 is 5.43 Å². The summed E-state index contributed by atoms with van der Waals surface area (Å²) in [5, 5.41) is 4.14. The Morgan fingerprint density at radius 1 is 1.10 bits per heavy atom. The average Bonchev–Trinajstić information content (AvgIpc) is 3.90. The average molecular weight is 948 g/mol. The van der Waals surface area contributed by atoms with Crippen LogP contribution in [0.4, 0.5) is 22.8 Å². The van der Waals surface area contributed by atoms with Gasteiger partial charge in [0.2, 0.25) is 5.91 Å². The molecule has 4 aromatic rings. The van der Waals surface area contributed by atoms with Crippen molar-refractivity contribution in [1.29, 1.82) is 0 Å². The largest absolute Gasteiger partial charge is 0.464 e. The summed E-state index contributed by atoms with van der Waals surface area (Å²) >= 11 is 1.26. The number of hydrogen-bond donors (Lipinski definition) is 1. The first-order valence-corrected chi connectivity index (χ1v) is 23.3. The van der Waals surface area contributed by atoms with Crippen LogP contribution in [0.25, 0.3) is 33.4 Å². The second kappa shape index (κ2) is 18.7. The molecule has 1 N–H and O–H groups in total. The molecule has 3 aromatic heterocycles. The van der Waals surface area contributed by atoms with Gasteiger partial charge in [-0.1, -0.05) is 40.3 Å². The molecule has 5 amide bonds. The molecule has 4 atom stereocenters. The van der Waals surface area contributed by atoms with Gasteiger partial charge in [0, 0.05) is 91.8 Å². The van der Waals surface area contributed by atoms with Crippen LogP contribution in [0.15, 0.2) is 54.6 Å². The van der Waals surface area contributed by atoms with Crippen LogP contribution in [0.3, 0.4) is 0 Å². The van der Waals surface area contributed by atoms with E-state index in [4.69, 9.17) is 14.5 Å². The summed E-state index contributed by atoms with van der Waals surface area (Å²) in [6, 6.07) is 5.82.